The summed E-state index contributed by atoms with van der Waals surface area (Å²) in [5.74, 6) is -2.50. The van der Waals surface area contributed by atoms with E-state index in [1.807, 2.05) is 12.1 Å². The van der Waals surface area contributed by atoms with E-state index in [9.17, 15) is 8.78 Å². The molecular weight excluding hydrogens is 238 g/mol. The van der Waals surface area contributed by atoms with Crippen molar-refractivity contribution in [3.63, 3.8) is 0 Å². The first-order valence-corrected chi connectivity index (χ1v) is 5.01. The molecule has 0 fully saturated rings. The van der Waals surface area contributed by atoms with Gasteiger partial charge < -0.3 is 0 Å². The van der Waals surface area contributed by atoms with Crippen LogP contribution in [-0.4, -0.2) is 5.92 Å². The summed E-state index contributed by atoms with van der Waals surface area (Å²) in [5.41, 5.74) is 1.85. The molecule has 0 saturated carbocycles. The predicted octanol–water partition coefficient (Wildman–Crippen LogP) is 3.57. The van der Waals surface area contributed by atoms with Crippen LogP contribution in [0, 0.1) is 0 Å². The summed E-state index contributed by atoms with van der Waals surface area (Å²) in [5, 5.41) is 0. The van der Waals surface area contributed by atoms with Crippen LogP contribution in [0.3, 0.4) is 0 Å². The van der Waals surface area contributed by atoms with Gasteiger partial charge in [0.25, 0.3) is 5.92 Å². The van der Waals surface area contributed by atoms with Gasteiger partial charge in [0.05, 0.1) is 0 Å². The molecule has 2 rings (SSSR count). The molecule has 3 heteroatoms. The Bertz CT molecular complexity index is 334. The van der Waals surface area contributed by atoms with E-state index in [-0.39, 0.29) is 12.8 Å². The average molecular weight is 247 g/mol. The molecule has 0 aromatic heterocycles. The van der Waals surface area contributed by atoms with Gasteiger partial charge in [-0.25, -0.2) is 8.78 Å². The number of aryl methyl sites for hydroxylation is 1. The lowest BCUT2D eigenvalue weighted by atomic mass is 9.89. The number of alkyl halides is 2. The van der Waals surface area contributed by atoms with Gasteiger partial charge in [0.15, 0.2) is 0 Å². The molecule has 1 aromatic rings. The largest absolute Gasteiger partial charge is 0.252 e. The van der Waals surface area contributed by atoms with Gasteiger partial charge in [-0.1, -0.05) is 22.0 Å². The van der Waals surface area contributed by atoms with Crippen LogP contribution in [0.5, 0.6) is 0 Å². The first-order valence-electron chi connectivity index (χ1n) is 4.22. The minimum atomic E-state index is -2.50. The molecule has 0 nitrogen and oxygen atoms in total. The number of rotatable bonds is 0. The van der Waals surface area contributed by atoms with Crippen LogP contribution in [0.2, 0.25) is 0 Å². The second-order valence-corrected chi connectivity index (χ2v) is 4.36. The molecule has 1 aliphatic carbocycles. The van der Waals surface area contributed by atoms with Gasteiger partial charge in [-0.2, -0.15) is 0 Å². The maximum Gasteiger partial charge on any atom is 0.252 e. The Hall–Kier alpha value is -0.440. The third-order valence-corrected chi connectivity index (χ3v) is 2.87. The number of hydrogen-bond donors (Lipinski definition) is 0. The maximum absolute atomic E-state index is 13.0. The Morgan fingerprint density at radius 1 is 1.23 bits per heavy atom. The van der Waals surface area contributed by atoms with Crippen molar-refractivity contribution < 1.29 is 8.78 Å². The van der Waals surface area contributed by atoms with Crippen LogP contribution < -0.4 is 0 Å². The highest BCUT2D eigenvalue weighted by atomic mass is 79.9. The van der Waals surface area contributed by atoms with E-state index in [0.29, 0.717) is 6.42 Å². The van der Waals surface area contributed by atoms with Crippen molar-refractivity contribution in [3.8, 4) is 0 Å². The zero-order chi connectivity index (χ0) is 9.47. The normalized spacial score (nSPS) is 19.6. The van der Waals surface area contributed by atoms with Crippen LogP contribution in [0.25, 0.3) is 0 Å². The summed E-state index contributed by atoms with van der Waals surface area (Å²) in [6.07, 6.45) is 0.369. The zero-order valence-corrected chi connectivity index (χ0v) is 8.57. The molecule has 70 valence electrons. The van der Waals surface area contributed by atoms with Crippen molar-refractivity contribution in [2.45, 2.75) is 25.2 Å². The Balaban J connectivity index is 2.37. The first kappa shape index (κ1) is 9.13. The lowest BCUT2D eigenvalue weighted by Crippen LogP contribution is -2.25. The van der Waals surface area contributed by atoms with Crippen molar-refractivity contribution in [1.29, 1.82) is 0 Å². The fourth-order valence-electron chi connectivity index (χ4n) is 1.68. The maximum atomic E-state index is 13.0. The van der Waals surface area contributed by atoms with Gasteiger partial charge in [-0.3, -0.25) is 0 Å². The topological polar surface area (TPSA) is 0 Å². The van der Waals surface area contributed by atoms with E-state index < -0.39 is 5.92 Å². The van der Waals surface area contributed by atoms with Crippen molar-refractivity contribution >= 4 is 15.9 Å². The summed E-state index contributed by atoms with van der Waals surface area (Å²) >= 11 is 3.33. The highest BCUT2D eigenvalue weighted by molar-refractivity contribution is 9.10. The smallest absolute Gasteiger partial charge is 0.207 e. The monoisotopic (exact) mass is 246 g/mol. The van der Waals surface area contributed by atoms with Crippen LogP contribution in [0.4, 0.5) is 8.78 Å². The molecule has 13 heavy (non-hydrogen) atoms. The Morgan fingerprint density at radius 3 is 2.77 bits per heavy atom. The molecule has 0 radical (unpaired) electrons. The Morgan fingerprint density at radius 2 is 2.00 bits per heavy atom. The predicted molar refractivity (Wildman–Crippen MR) is 51.1 cm³/mol. The lowest BCUT2D eigenvalue weighted by Gasteiger charge is -2.24. The molecule has 0 bridgehead atoms. The summed E-state index contributed by atoms with van der Waals surface area (Å²) in [7, 11) is 0. The van der Waals surface area contributed by atoms with Crippen LogP contribution >= 0.6 is 15.9 Å². The fraction of sp³-hybridized carbons (Fsp3) is 0.400. The molecule has 0 spiro atoms. The van der Waals surface area contributed by atoms with Crippen LogP contribution in [-0.2, 0) is 12.8 Å². The van der Waals surface area contributed by atoms with Gasteiger partial charge in [-0.05, 0) is 29.7 Å². The van der Waals surface area contributed by atoms with E-state index >= 15 is 0 Å². The molecule has 0 saturated heterocycles. The molecule has 0 amide bonds. The molecule has 0 aliphatic heterocycles. The minimum absolute atomic E-state index is 0.0174. The van der Waals surface area contributed by atoms with Crippen molar-refractivity contribution in [1.82, 2.24) is 0 Å². The second kappa shape index (κ2) is 3.05. The molecule has 1 aliphatic rings. The van der Waals surface area contributed by atoms with Crippen molar-refractivity contribution in [3.05, 3.63) is 33.8 Å². The average Bonchev–Trinajstić information content (AvgIpc) is 2.05. The molecule has 0 unspecified atom stereocenters. The summed E-state index contributed by atoms with van der Waals surface area (Å²) < 4.78 is 26.9. The summed E-state index contributed by atoms with van der Waals surface area (Å²) in [6.45, 7) is 0. The molecule has 0 atom stereocenters. The van der Waals surface area contributed by atoms with E-state index in [1.54, 1.807) is 6.07 Å². The molecular formula is C10H9BrF2. The van der Waals surface area contributed by atoms with Crippen LogP contribution in [0.15, 0.2) is 22.7 Å². The Labute approximate surface area is 84.1 Å². The van der Waals surface area contributed by atoms with E-state index in [2.05, 4.69) is 15.9 Å². The minimum Gasteiger partial charge on any atom is -0.207 e. The number of benzene rings is 1. The lowest BCUT2D eigenvalue weighted by molar-refractivity contribution is -0.0122. The number of hydrogen-bond acceptors (Lipinski definition) is 0. The van der Waals surface area contributed by atoms with E-state index in [0.717, 1.165) is 15.6 Å². The quantitative estimate of drug-likeness (QED) is 0.657. The standard InChI is InChI=1S/C10H9BrF2/c11-9-2-1-8-6-10(12,13)4-3-7(8)5-9/h1-2,5H,3-4,6H2. The zero-order valence-electron chi connectivity index (χ0n) is 6.99. The summed E-state index contributed by atoms with van der Waals surface area (Å²) in [6, 6.07) is 5.54. The summed E-state index contributed by atoms with van der Waals surface area (Å²) in [4.78, 5) is 0. The van der Waals surface area contributed by atoms with Gasteiger partial charge >= 0.3 is 0 Å². The fourth-order valence-corrected chi connectivity index (χ4v) is 2.09. The second-order valence-electron chi connectivity index (χ2n) is 3.45. The first-order chi connectivity index (χ1) is 6.07. The Kier molecular flexibility index (Phi) is 2.14. The highest BCUT2D eigenvalue weighted by Gasteiger charge is 2.33. The highest BCUT2D eigenvalue weighted by Crippen LogP contribution is 2.33. The van der Waals surface area contributed by atoms with Gasteiger partial charge in [-0.15, -0.1) is 0 Å². The van der Waals surface area contributed by atoms with Crippen molar-refractivity contribution in [2.24, 2.45) is 0 Å². The van der Waals surface area contributed by atoms with Gasteiger partial charge in [0, 0.05) is 17.3 Å². The van der Waals surface area contributed by atoms with E-state index in [1.165, 1.54) is 0 Å². The third kappa shape index (κ3) is 1.90. The van der Waals surface area contributed by atoms with Gasteiger partial charge in [0.1, 0.15) is 0 Å². The number of halogens is 3. The third-order valence-electron chi connectivity index (χ3n) is 2.38. The molecule has 1 aromatic carbocycles. The van der Waals surface area contributed by atoms with Crippen LogP contribution in [0.1, 0.15) is 17.5 Å². The van der Waals surface area contributed by atoms with Gasteiger partial charge in [0.2, 0.25) is 0 Å². The van der Waals surface area contributed by atoms with Crippen molar-refractivity contribution in [2.75, 3.05) is 0 Å². The molecule has 0 N–H and O–H groups in total. The van der Waals surface area contributed by atoms with E-state index in [4.69, 9.17) is 0 Å². The molecule has 0 heterocycles. The SMILES string of the molecule is FC1(F)CCc2cc(Br)ccc2C1. The number of fused-ring (bicyclic) bond motifs is 1.